The van der Waals surface area contributed by atoms with Crippen LogP contribution in [0.1, 0.15) is 187 Å². The van der Waals surface area contributed by atoms with E-state index >= 15 is 0 Å². The number of carbonyl (C=O) groups excluding carboxylic acids is 2. The summed E-state index contributed by atoms with van der Waals surface area (Å²) in [6.45, 7) is 4.55. The maximum Gasteiger partial charge on any atom is 0.362 e. The third-order valence-electron chi connectivity index (χ3n) is 10.6. The Labute approximate surface area is 380 Å². The highest BCUT2D eigenvalue weighted by molar-refractivity contribution is 5.72. The van der Waals surface area contributed by atoms with E-state index in [-0.39, 0.29) is 42.7 Å². The highest BCUT2D eigenvalue weighted by Crippen LogP contribution is 2.14. The van der Waals surface area contributed by atoms with Crippen molar-refractivity contribution in [2.75, 3.05) is 41.0 Å². The van der Waals surface area contributed by atoms with Gasteiger partial charge in [-0.2, -0.15) is 0 Å². The maximum absolute atomic E-state index is 12.8. The topological polar surface area (TPSA) is 99.1 Å². The van der Waals surface area contributed by atoms with Crippen LogP contribution in [0.25, 0.3) is 0 Å². The van der Waals surface area contributed by atoms with E-state index in [1.165, 1.54) is 77.0 Å². The molecule has 62 heavy (non-hydrogen) atoms. The molecular weight excluding hydrogens is 775 g/mol. The average molecular weight is 867 g/mol. The van der Waals surface area contributed by atoms with Gasteiger partial charge in [-0.25, -0.2) is 4.79 Å². The van der Waals surface area contributed by atoms with Crippen molar-refractivity contribution in [1.82, 2.24) is 0 Å². The summed E-state index contributed by atoms with van der Waals surface area (Å²) in [6, 6.07) is -0.626. The van der Waals surface area contributed by atoms with Gasteiger partial charge in [0.15, 0.2) is 12.1 Å². The second-order valence-corrected chi connectivity index (χ2v) is 17.4. The van der Waals surface area contributed by atoms with E-state index in [4.69, 9.17) is 14.2 Å². The molecule has 0 amide bonds. The van der Waals surface area contributed by atoms with E-state index < -0.39 is 18.1 Å². The standard InChI is InChI=1S/C54H91NO7/c1-6-8-10-12-14-16-18-20-22-24-26-28-30-32-34-36-38-40-42-44-52(56)61-49-50(48-60-47-46-51(54(58)59)55(3,4)5)62-53(57)45-43-41-39-37-35-33-31-29-27-25-23-21-19-17-15-13-11-9-7-2/h9,11,14-18,20-21,23,27,29,33,35,50-51H,6-8,10,12-13,19,22,24-26,28,30-32,34,36-49H2,1-5H3/p+1/b11-9+,16-14+,17-15+,20-18+,23-21+,29-27+,35-33+. The van der Waals surface area contributed by atoms with Gasteiger partial charge in [-0.05, 0) is 83.5 Å². The minimum atomic E-state index is -0.884. The molecule has 2 unspecified atom stereocenters. The molecule has 1 N–H and O–H groups in total. The summed E-state index contributed by atoms with van der Waals surface area (Å²) < 4.78 is 17.3. The number of hydrogen-bond donors (Lipinski definition) is 1. The number of carboxylic acid groups (broad SMARTS) is 1. The molecular formula is C54H92NO7+. The molecule has 0 aliphatic heterocycles. The number of likely N-dealkylation sites (N-methyl/N-ethyl adjacent to an activating group) is 1. The smallest absolute Gasteiger partial charge is 0.362 e. The van der Waals surface area contributed by atoms with Crippen LogP contribution in [0.3, 0.4) is 0 Å². The molecule has 0 aliphatic rings. The second-order valence-electron chi connectivity index (χ2n) is 17.4. The van der Waals surface area contributed by atoms with Gasteiger partial charge >= 0.3 is 17.9 Å². The summed E-state index contributed by atoms with van der Waals surface area (Å²) in [5.41, 5.74) is 0. The molecule has 0 aromatic rings. The van der Waals surface area contributed by atoms with Crippen molar-refractivity contribution in [3.63, 3.8) is 0 Å². The number of esters is 2. The molecule has 0 aromatic carbocycles. The number of unbranched alkanes of at least 4 members (excludes halogenated alkanes) is 16. The highest BCUT2D eigenvalue weighted by atomic mass is 16.6. The lowest BCUT2D eigenvalue weighted by Gasteiger charge is -2.31. The first-order valence-electron chi connectivity index (χ1n) is 24.6. The fraction of sp³-hybridized carbons (Fsp3) is 0.685. The fourth-order valence-corrected chi connectivity index (χ4v) is 6.76. The van der Waals surface area contributed by atoms with E-state index in [1.807, 2.05) is 21.1 Å². The van der Waals surface area contributed by atoms with E-state index in [9.17, 15) is 19.5 Å². The summed E-state index contributed by atoms with van der Waals surface area (Å²) in [5.74, 6) is -1.52. The molecule has 0 saturated heterocycles. The zero-order valence-electron chi connectivity index (χ0n) is 40.3. The number of ether oxygens (including phenoxy) is 3. The predicted octanol–water partition coefficient (Wildman–Crippen LogP) is 14.1. The molecule has 0 fully saturated rings. The minimum absolute atomic E-state index is 0.0421. The van der Waals surface area contributed by atoms with Crippen molar-refractivity contribution in [3.8, 4) is 0 Å². The van der Waals surface area contributed by atoms with Gasteiger partial charge in [-0.15, -0.1) is 0 Å². The Hall–Kier alpha value is -3.49. The largest absolute Gasteiger partial charge is 0.477 e. The van der Waals surface area contributed by atoms with Gasteiger partial charge < -0.3 is 23.8 Å². The number of hydrogen-bond acceptors (Lipinski definition) is 6. The van der Waals surface area contributed by atoms with Crippen LogP contribution in [0.5, 0.6) is 0 Å². The molecule has 0 saturated carbocycles. The third-order valence-corrected chi connectivity index (χ3v) is 10.6. The number of carbonyl (C=O) groups is 3. The van der Waals surface area contributed by atoms with Gasteiger partial charge in [0.25, 0.3) is 0 Å². The van der Waals surface area contributed by atoms with Crippen LogP contribution in [-0.4, -0.2) is 80.6 Å². The van der Waals surface area contributed by atoms with Crippen LogP contribution in [-0.2, 0) is 28.6 Å². The Kier molecular flexibility index (Phi) is 41.6. The maximum atomic E-state index is 12.8. The van der Waals surface area contributed by atoms with Gasteiger partial charge in [0.05, 0.1) is 34.4 Å². The van der Waals surface area contributed by atoms with E-state index in [1.54, 1.807) is 0 Å². The molecule has 354 valence electrons. The molecule has 0 aromatic heterocycles. The zero-order chi connectivity index (χ0) is 45.6. The molecule has 0 rings (SSSR count). The summed E-state index contributed by atoms with van der Waals surface area (Å²) in [4.78, 5) is 37.1. The van der Waals surface area contributed by atoms with Gasteiger partial charge in [0.2, 0.25) is 0 Å². The summed E-state index contributed by atoms with van der Waals surface area (Å²) in [6.07, 6.45) is 57.7. The fourth-order valence-electron chi connectivity index (χ4n) is 6.76. The lowest BCUT2D eigenvalue weighted by molar-refractivity contribution is -0.887. The van der Waals surface area contributed by atoms with Crippen LogP contribution in [0, 0.1) is 0 Å². The molecule has 0 heterocycles. The third kappa shape index (κ3) is 41.8. The normalized spacial score (nSPS) is 13.6. The number of carboxylic acids is 1. The minimum Gasteiger partial charge on any atom is -0.477 e. The lowest BCUT2D eigenvalue weighted by Crippen LogP contribution is -2.50. The molecule has 2 atom stereocenters. The monoisotopic (exact) mass is 867 g/mol. The van der Waals surface area contributed by atoms with Crippen LogP contribution < -0.4 is 0 Å². The van der Waals surface area contributed by atoms with Crippen LogP contribution >= 0.6 is 0 Å². The van der Waals surface area contributed by atoms with Crippen molar-refractivity contribution in [2.45, 2.75) is 199 Å². The van der Waals surface area contributed by atoms with Crippen molar-refractivity contribution in [3.05, 3.63) is 85.1 Å². The van der Waals surface area contributed by atoms with E-state index in [0.29, 0.717) is 12.8 Å². The SMILES string of the molecule is CC/C=C/C/C=C/C/C=C/C/C=C/C/C=C/CCCCCC(=O)OC(COCCC(C(=O)O)[N+](C)(C)C)COC(=O)CCCCCCCCCCCC/C=C/C=C/CCCCC. The molecule has 0 spiro atoms. The number of allylic oxidation sites excluding steroid dienone is 14. The van der Waals surface area contributed by atoms with Gasteiger partial charge in [-0.1, -0.05) is 170 Å². The molecule has 8 nitrogen and oxygen atoms in total. The molecule has 8 heteroatoms. The Morgan fingerprint density at radius 1 is 0.516 bits per heavy atom. The summed E-state index contributed by atoms with van der Waals surface area (Å²) in [5, 5.41) is 9.65. The van der Waals surface area contributed by atoms with Crippen LogP contribution in [0.4, 0.5) is 0 Å². The first-order valence-corrected chi connectivity index (χ1v) is 24.6. The second kappa shape index (κ2) is 44.1. The molecule has 0 bridgehead atoms. The number of rotatable bonds is 43. The number of nitrogens with zero attached hydrogens (tertiary/aromatic N) is 1. The van der Waals surface area contributed by atoms with Crippen molar-refractivity contribution in [2.24, 2.45) is 0 Å². The highest BCUT2D eigenvalue weighted by Gasteiger charge is 2.31. The Balaban J connectivity index is 4.36. The summed E-state index contributed by atoms with van der Waals surface area (Å²) in [7, 11) is 5.51. The van der Waals surface area contributed by atoms with Crippen molar-refractivity contribution >= 4 is 17.9 Å². The predicted molar refractivity (Wildman–Crippen MR) is 261 cm³/mol. The number of aliphatic carboxylic acids is 1. The van der Waals surface area contributed by atoms with E-state index in [2.05, 4.69) is 98.9 Å². The van der Waals surface area contributed by atoms with Crippen molar-refractivity contribution in [1.29, 1.82) is 0 Å². The molecule has 0 radical (unpaired) electrons. The zero-order valence-corrected chi connectivity index (χ0v) is 40.3. The molecule has 0 aliphatic carbocycles. The van der Waals surface area contributed by atoms with Gasteiger partial charge in [0, 0.05) is 19.3 Å². The first-order chi connectivity index (χ1) is 30.1. The average Bonchev–Trinajstić information content (AvgIpc) is 3.23. The first kappa shape index (κ1) is 58.5. The Morgan fingerprint density at radius 2 is 0.952 bits per heavy atom. The van der Waals surface area contributed by atoms with Crippen LogP contribution in [0.2, 0.25) is 0 Å². The van der Waals surface area contributed by atoms with Crippen LogP contribution in [0.15, 0.2) is 85.1 Å². The van der Waals surface area contributed by atoms with Gasteiger partial charge in [0.1, 0.15) is 6.61 Å². The quantitative estimate of drug-likeness (QED) is 0.0214. The lowest BCUT2D eigenvalue weighted by atomic mass is 10.1. The summed E-state index contributed by atoms with van der Waals surface area (Å²) >= 11 is 0. The number of quaternary nitrogens is 1. The van der Waals surface area contributed by atoms with Gasteiger partial charge in [-0.3, -0.25) is 9.59 Å². The van der Waals surface area contributed by atoms with E-state index in [0.717, 1.165) is 77.0 Å². The Morgan fingerprint density at radius 3 is 1.45 bits per heavy atom. The Bertz CT molecular complexity index is 1290. The van der Waals surface area contributed by atoms with Crippen molar-refractivity contribution < 1.29 is 38.2 Å².